The maximum atomic E-state index is 12.9. The number of rotatable bonds is 4. The number of para-hydroxylation sites is 1. The number of thioether (sulfide) groups is 1. The number of amidine groups is 1. The molecule has 2 aliphatic rings. The first-order valence-corrected chi connectivity index (χ1v) is 12.9. The summed E-state index contributed by atoms with van der Waals surface area (Å²) in [7, 11) is -1.83. The number of allylic oxidation sites excluding steroid dienone is 3. The van der Waals surface area contributed by atoms with Crippen LogP contribution in [0.1, 0.15) is 26.3 Å². The third-order valence-electron chi connectivity index (χ3n) is 5.48. The van der Waals surface area contributed by atoms with Gasteiger partial charge in [0.15, 0.2) is 5.17 Å². The van der Waals surface area contributed by atoms with E-state index in [9.17, 15) is 13.2 Å². The third-order valence-corrected chi connectivity index (χ3v) is 9.27. The summed E-state index contributed by atoms with van der Waals surface area (Å²) in [5.41, 5.74) is 3.22. The van der Waals surface area contributed by atoms with Crippen molar-refractivity contribution in [2.45, 2.75) is 30.4 Å². The molecule has 2 aromatic rings. The smallest absolute Gasteiger partial charge is 0.294 e. The fourth-order valence-electron chi connectivity index (χ4n) is 3.88. The molecule has 162 valence electrons. The summed E-state index contributed by atoms with van der Waals surface area (Å²) in [6.07, 6.45) is 3.72. The van der Waals surface area contributed by atoms with Crippen LogP contribution in [0.25, 0.3) is 0 Å². The Bertz CT molecular complexity index is 1230. The van der Waals surface area contributed by atoms with Gasteiger partial charge in [-0.1, -0.05) is 38.1 Å². The third kappa shape index (κ3) is 3.75. The average molecular weight is 474 g/mol. The summed E-state index contributed by atoms with van der Waals surface area (Å²) >= 11 is 2.20. The molecule has 9 heteroatoms. The number of hydrogen-bond donors (Lipinski definition) is 0. The van der Waals surface area contributed by atoms with Gasteiger partial charge in [0.25, 0.3) is 15.9 Å². The summed E-state index contributed by atoms with van der Waals surface area (Å²) in [6.45, 7) is 6.46. The number of sulfonamides is 1. The van der Waals surface area contributed by atoms with Gasteiger partial charge in [-0.25, -0.2) is 0 Å². The molecule has 1 aromatic heterocycles. The van der Waals surface area contributed by atoms with E-state index in [0.29, 0.717) is 11.4 Å². The molecule has 0 radical (unpaired) electrons. The van der Waals surface area contributed by atoms with Crippen molar-refractivity contribution in [3.05, 3.63) is 70.1 Å². The largest absolute Gasteiger partial charge is 0.347 e. The Labute approximate surface area is 191 Å². The van der Waals surface area contributed by atoms with Crippen LogP contribution in [0.4, 0.5) is 5.69 Å². The van der Waals surface area contributed by atoms with Crippen LogP contribution in [0.15, 0.2) is 73.1 Å². The normalized spacial score (nSPS) is 22.2. The second-order valence-corrected chi connectivity index (χ2v) is 11.5. The quantitative estimate of drug-likeness (QED) is 0.608. The predicted octanol–water partition coefficient (Wildman–Crippen LogP) is 4.58. The van der Waals surface area contributed by atoms with E-state index in [1.54, 1.807) is 24.4 Å². The van der Waals surface area contributed by atoms with Gasteiger partial charge in [-0.2, -0.15) is 8.42 Å². The van der Waals surface area contributed by atoms with Crippen LogP contribution in [0.5, 0.6) is 0 Å². The van der Waals surface area contributed by atoms with Crippen LogP contribution in [-0.2, 0) is 20.2 Å². The number of carbonyl (C=O) groups is 1. The molecule has 0 bridgehead atoms. The molecule has 31 heavy (non-hydrogen) atoms. The van der Waals surface area contributed by atoms with Crippen LogP contribution in [0, 0.1) is 0 Å². The highest BCUT2D eigenvalue weighted by Gasteiger charge is 2.38. The molecule has 0 atom stereocenters. The summed E-state index contributed by atoms with van der Waals surface area (Å²) in [5, 5.41) is 1.88. The van der Waals surface area contributed by atoms with Crippen molar-refractivity contribution < 1.29 is 13.2 Å². The molecule has 0 aliphatic carbocycles. The van der Waals surface area contributed by atoms with Gasteiger partial charge >= 0.3 is 0 Å². The first kappa shape index (κ1) is 21.9. The van der Waals surface area contributed by atoms with Crippen molar-refractivity contribution in [2.24, 2.45) is 4.40 Å². The summed E-state index contributed by atoms with van der Waals surface area (Å²) in [6, 6.07) is 11.4. The number of nitrogens with zero attached hydrogens (tertiary/aromatic N) is 3. The first-order chi connectivity index (χ1) is 14.7. The number of carbonyl (C=O) groups excluding carboxylic acids is 1. The van der Waals surface area contributed by atoms with Gasteiger partial charge in [-0.3, -0.25) is 9.69 Å². The van der Waals surface area contributed by atoms with E-state index in [0.717, 1.165) is 34.5 Å². The van der Waals surface area contributed by atoms with E-state index < -0.39 is 10.0 Å². The second-order valence-electron chi connectivity index (χ2n) is 7.72. The molecule has 0 spiro atoms. The van der Waals surface area contributed by atoms with Crippen molar-refractivity contribution >= 4 is 49.9 Å². The minimum atomic E-state index is -3.84. The average Bonchev–Trinajstić information content (AvgIpc) is 3.40. The fraction of sp³-hybridized carbons (Fsp3) is 0.273. The number of fused-ring (bicyclic) bond motifs is 1. The molecule has 3 heterocycles. The minimum absolute atomic E-state index is 0.163. The van der Waals surface area contributed by atoms with E-state index in [1.165, 1.54) is 16.5 Å². The SMILES string of the molecule is CCN1C(=O)/C(=C/C=C2/N(C)c3ccccc3C2(C)C)S/C1=N/S(=O)(=O)c1cccs1. The van der Waals surface area contributed by atoms with E-state index in [4.69, 9.17) is 0 Å². The zero-order chi connectivity index (χ0) is 22.4. The fourth-order valence-corrected chi connectivity index (χ4v) is 7.04. The van der Waals surface area contributed by atoms with Gasteiger partial charge in [0.2, 0.25) is 0 Å². The Morgan fingerprint density at radius 2 is 1.87 bits per heavy atom. The Hall–Kier alpha value is -2.36. The van der Waals surface area contributed by atoms with E-state index in [2.05, 4.69) is 35.3 Å². The number of amides is 1. The highest BCUT2D eigenvalue weighted by atomic mass is 32.2. The molecule has 2 aliphatic heterocycles. The molecule has 1 aromatic carbocycles. The van der Waals surface area contributed by atoms with Gasteiger partial charge in [-0.15, -0.1) is 15.7 Å². The second kappa shape index (κ2) is 7.96. The molecule has 0 N–H and O–H groups in total. The van der Waals surface area contributed by atoms with Gasteiger partial charge in [0, 0.05) is 30.4 Å². The molecule has 1 fully saturated rings. The number of hydrogen-bond acceptors (Lipinski definition) is 6. The monoisotopic (exact) mass is 473 g/mol. The number of thiophene rings is 1. The summed E-state index contributed by atoms with van der Waals surface area (Å²) < 4.78 is 29.3. The molecule has 0 unspecified atom stereocenters. The molecule has 4 rings (SSSR count). The minimum Gasteiger partial charge on any atom is -0.347 e. The van der Waals surface area contributed by atoms with Gasteiger partial charge in [0.05, 0.1) is 4.91 Å². The lowest BCUT2D eigenvalue weighted by Crippen LogP contribution is -2.29. The molecule has 1 saturated heterocycles. The van der Waals surface area contributed by atoms with Crippen molar-refractivity contribution in [3.8, 4) is 0 Å². The molecular formula is C22H23N3O3S3. The zero-order valence-electron chi connectivity index (χ0n) is 17.7. The van der Waals surface area contributed by atoms with Crippen LogP contribution in [-0.4, -0.2) is 38.0 Å². The van der Waals surface area contributed by atoms with Gasteiger partial charge < -0.3 is 4.90 Å². The summed E-state index contributed by atoms with van der Waals surface area (Å²) in [5.74, 6) is -0.236. The molecule has 1 amide bonds. The van der Waals surface area contributed by atoms with Gasteiger partial charge in [-0.05, 0) is 53.9 Å². The van der Waals surface area contributed by atoms with E-state index in [1.807, 2.05) is 25.3 Å². The highest BCUT2D eigenvalue weighted by Crippen LogP contribution is 2.46. The maximum Gasteiger partial charge on any atom is 0.294 e. The van der Waals surface area contributed by atoms with Gasteiger partial charge in [0.1, 0.15) is 4.21 Å². The van der Waals surface area contributed by atoms with Crippen LogP contribution in [0.2, 0.25) is 0 Å². The maximum absolute atomic E-state index is 12.9. The number of likely N-dealkylation sites (N-methyl/N-ethyl adjacent to an activating group) is 2. The van der Waals surface area contributed by atoms with Crippen LogP contribution in [0.3, 0.4) is 0 Å². The standard InChI is InChI=1S/C22H23N3O3S3/c1-5-25-20(26)17(30-21(25)23-31(27,28)19-11-8-14-29-19)12-13-18-22(2,3)15-9-6-7-10-16(15)24(18)4/h6-14H,5H2,1-4H3/b17-12-,18-13+,23-21+. The lowest BCUT2D eigenvalue weighted by atomic mass is 9.84. The van der Waals surface area contributed by atoms with Crippen molar-refractivity contribution in [1.82, 2.24) is 4.90 Å². The highest BCUT2D eigenvalue weighted by molar-refractivity contribution is 8.19. The number of benzene rings is 1. The Balaban J connectivity index is 1.68. The van der Waals surface area contributed by atoms with Crippen molar-refractivity contribution in [3.63, 3.8) is 0 Å². The Morgan fingerprint density at radius 3 is 2.52 bits per heavy atom. The predicted molar refractivity (Wildman–Crippen MR) is 128 cm³/mol. The van der Waals surface area contributed by atoms with E-state index >= 15 is 0 Å². The Morgan fingerprint density at radius 1 is 1.13 bits per heavy atom. The van der Waals surface area contributed by atoms with Crippen molar-refractivity contribution in [2.75, 3.05) is 18.5 Å². The number of anilines is 1. The topological polar surface area (TPSA) is 70.1 Å². The lowest BCUT2D eigenvalue weighted by Gasteiger charge is -2.23. The van der Waals surface area contributed by atoms with Crippen LogP contribution >= 0.6 is 23.1 Å². The molecule has 6 nitrogen and oxygen atoms in total. The van der Waals surface area contributed by atoms with Crippen LogP contribution < -0.4 is 4.90 Å². The first-order valence-electron chi connectivity index (χ1n) is 9.80. The Kier molecular flexibility index (Phi) is 5.61. The zero-order valence-corrected chi connectivity index (χ0v) is 20.1. The molecule has 0 saturated carbocycles. The molecular weight excluding hydrogens is 450 g/mol. The van der Waals surface area contributed by atoms with Crippen molar-refractivity contribution in [1.29, 1.82) is 0 Å². The van der Waals surface area contributed by atoms with E-state index in [-0.39, 0.29) is 20.7 Å². The summed E-state index contributed by atoms with van der Waals surface area (Å²) in [4.78, 5) is 16.9. The lowest BCUT2D eigenvalue weighted by molar-refractivity contribution is -0.122.